The molecule has 0 fully saturated rings. The van der Waals surface area contributed by atoms with Gasteiger partial charge in [-0.3, -0.25) is 4.99 Å². The number of methoxy groups -OCH3 is 3. The zero-order chi connectivity index (χ0) is 17.4. The van der Waals surface area contributed by atoms with Crippen molar-refractivity contribution in [3.05, 3.63) is 17.7 Å². The van der Waals surface area contributed by atoms with Crippen LogP contribution in [0.15, 0.2) is 17.1 Å². The summed E-state index contributed by atoms with van der Waals surface area (Å²) in [6.07, 6.45) is 0. The number of ether oxygens (including phenoxy) is 3. The molecule has 0 aliphatic carbocycles. The highest BCUT2D eigenvalue weighted by Crippen LogP contribution is 2.38. The zero-order valence-electron chi connectivity index (χ0n) is 15.2. The Kier molecular flexibility index (Phi) is 7.51. The van der Waals surface area contributed by atoms with Crippen molar-refractivity contribution in [1.29, 1.82) is 0 Å². The Morgan fingerprint density at radius 2 is 1.61 bits per heavy atom. The molecule has 0 bridgehead atoms. The monoisotopic (exact) mass is 323 g/mol. The largest absolute Gasteiger partial charge is 0.493 e. The standard InChI is InChI=1S/C17H29N3O3/c1-11(2)12(3)20-17(18-4)19-10-13-8-14(21-5)16(23-7)15(9-13)22-6/h8-9,11-12H,10H2,1-7H3,(H2,18,19,20). The summed E-state index contributed by atoms with van der Waals surface area (Å²) in [5.74, 6) is 3.16. The van der Waals surface area contributed by atoms with Crippen LogP contribution in [0.5, 0.6) is 17.2 Å². The number of rotatable bonds is 7. The third kappa shape index (κ3) is 5.23. The van der Waals surface area contributed by atoms with E-state index in [4.69, 9.17) is 14.2 Å². The summed E-state index contributed by atoms with van der Waals surface area (Å²) in [5, 5.41) is 6.67. The fraction of sp³-hybridized carbons (Fsp3) is 0.588. The van der Waals surface area contributed by atoms with Crippen LogP contribution in [-0.2, 0) is 6.54 Å². The average molecular weight is 323 g/mol. The van der Waals surface area contributed by atoms with E-state index in [0.717, 1.165) is 11.5 Å². The van der Waals surface area contributed by atoms with Crippen molar-refractivity contribution < 1.29 is 14.2 Å². The van der Waals surface area contributed by atoms with E-state index in [-0.39, 0.29) is 0 Å². The number of benzene rings is 1. The van der Waals surface area contributed by atoms with E-state index in [9.17, 15) is 0 Å². The van der Waals surface area contributed by atoms with Crippen LogP contribution >= 0.6 is 0 Å². The Morgan fingerprint density at radius 1 is 1.04 bits per heavy atom. The summed E-state index contributed by atoms with van der Waals surface area (Å²) >= 11 is 0. The molecule has 23 heavy (non-hydrogen) atoms. The van der Waals surface area contributed by atoms with Crippen LogP contribution in [0.2, 0.25) is 0 Å². The maximum Gasteiger partial charge on any atom is 0.203 e. The topological polar surface area (TPSA) is 64.1 Å². The number of nitrogens with one attached hydrogen (secondary N) is 2. The molecule has 6 nitrogen and oxygen atoms in total. The predicted molar refractivity (Wildman–Crippen MR) is 93.7 cm³/mol. The molecule has 0 amide bonds. The van der Waals surface area contributed by atoms with Crippen molar-refractivity contribution in [3.63, 3.8) is 0 Å². The quantitative estimate of drug-likeness (QED) is 0.596. The third-order valence-corrected chi connectivity index (χ3v) is 3.77. The molecule has 130 valence electrons. The fourth-order valence-electron chi connectivity index (χ4n) is 2.00. The minimum absolute atomic E-state index is 0.334. The van der Waals surface area contributed by atoms with Crippen molar-refractivity contribution in [1.82, 2.24) is 10.6 Å². The van der Waals surface area contributed by atoms with Crippen LogP contribution in [0.1, 0.15) is 26.3 Å². The van der Waals surface area contributed by atoms with Gasteiger partial charge < -0.3 is 24.8 Å². The highest BCUT2D eigenvalue weighted by Gasteiger charge is 2.14. The van der Waals surface area contributed by atoms with E-state index in [1.165, 1.54) is 0 Å². The molecule has 0 radical (unpaired) electrons. The third-order valence-electron chi connectivity index (χ3n) is 3.77. The maximum absolute atomic E-state index is 5.37. The molecule has 1 aromatic carbocycles. The van der Waals surface area contributed by atoms with Crippen LogP contribution in [0.25, 0.3) is 0 Å². The minimum atomic E-state index is 0.334. The second-order valence-electron chi connectivity index (χ2n) is 5.64. The van der Waals surface area contributed by atoms with Gasteiger partial charge >= 0.3 is 0 Å². The van der Waals surface area contributed by atoms with Crippen molar-refractivity contribution in [2.45, 2.75) is 33.4 Å². The Balaban J connectivity index is 2.84. The smallest absolute Gasteiger partial charge is 0.203 e. The highest BCUT2D eigenvalue weighted by atomic mass is 16.5. The van der Waals surface area contributed by atoms with Gasteiger partial charge in [-0.1, -0.05) is 13.8 Å². The molecule has 1 aromatic rings. The van der Waals surface area contributed by atoms with Gasteiger partial charge in [0.2, 0.25) is 5.75 Å². The molecule has 0 aliphatic heterocycles. The first-order valence-electron chi connectivity index (χ1n) is 7.72. The molecule has 0 aliphatic rings. The second-order valence-corrected chi connectivity index (χ2v) is 5.64. The number of guanidine groups is 1. The van der Waals surface area contributed by atoms with Gasteiger partial charge in [0, 0.05) is 19.6 Å². The summed E-state index contributed by atoms with van der Waals surface area (Å²) < 4.78 is 16.1. The predicted octanol–water partition coefficient (Wildman–Crippen LogP) is 2.42. The number of nitrogens with zero attached hydrogens (tertiary/aromatic N) is 1. The van der Waals surface area contributed by atoms with Gasteiger partial charge in [0.1, 0.15) is 0 Å². The average Bonchev–Trinajstić information content (AvgIpc) is 2.56. The van der Waals surface area contributed by atoms with Crippen molar-refractivity contribution >= 4 is 5.96 Å². The lowest BCUT2D eigenvalue weighted by Gasteiger charge is -2.21. The van der Waals surface area contributed by atoms with Crippen molar-refractivity contribution in [2.75, 3.05) is 28.4 Å². The first-order chi connectivity index (χ1) is 11.0. The molecule has 0 spiro atoms. The van der Waals surface area contributed by atoms with E-state index in [2.05, 4.69) is 36.4 Å². The lowest BCUT2D eigenvalue weighted by atomic mass is 10.1. The van der Waals surface area contributed by atoms with E-state index in [1.807, 2.05) is 12.1 Å². The van der Waals surface area contributed by atoms with Gasteiger partial charge in [-0.15, -0.1) is 0 Å². The molecule has 1 unspecified atom stereocenters. The Hall–Kier alpha value is -2.11. The number of aliphatic imine (C=N–C) groups is 1. The van der Waals surface area contributed by atoms with Gasteiger partial charge in [0.15, 0.2) is 17.5 Å². The molecule has 6 heteroatoms. The van der Waals surface area contributed by atoms with E-state index < -0.39 is 0 Å². The minimum Gasteiger partial charge on any atom is -0.493 e. The van der Waals surface area contributed by atoms with Crippen LogP contribution < -0.4 is 24.8 Å². The van der Waals surface area contributed by atoms with Gasteiger partial charge in [-0.2, -0.15) is 0 Å². The van der Waals surface area contributed by atoms with E-state index in [0.29, 0.717) is 35.8 Å². The summed E-state index contributed by atoms with van der Waals surface area (Å²) in [5.41, 5.74) is 1.01. The molecular weight excluding hydrogens is 294 g/mol. The van der Waals surface area contributed by atoms with Crippen LogP contribution in [0.3, 0.4) is 0 Å². The highest BCUT2D eigenvalue weighted by molar-refractivity contribution is 5.80. The molecule has 1 atom stereocenters. The Bertz CT molecular complexity index is 505. The molecule has 1 rings (SSSR count). The molecule has 0 heterocycles. The first kappa shape index (κ1) is 18.9. The van der Waals surface area contributed by atoms with E-state index in [1.54, 1.807) is 28.4 Å². The van der Waals surface area contributed by atoms with Crippen LogP contribution in [0, 0.1) is 5.92 Å². The lowest BCUT2D eigenvalue weighted by molar-refractivity contribution is 0.323. The van der Waals surface area contributed by atoms with Crippen LogP contribution in [0.4, 0.5) is 0 Å². The van der Waals surface area contributed by atoms with Crippen LogP contribution in [-0.4, -0.2) is 40.4 Å². The molecule has 0 aromatic heterocycles. The summed E-state index contributed by atoms with van der Waals surface area (Å²) in [6, 6.07) is 4.18. The Labute approximate surface area is 139 Å². The SMILES string of the molecule is CN=C(NCc1cc(OC)c(OC)c(OC)c1)NC(C)C(C)C. The van der Waals surface area contributed by atoms with Crippen molar-refractivity contribution in [3.8, 4) is 17.2 Å². The second kappa shape index (κ2) is 9.12. The van der Waals surface area contributed by atoms with Gasteiger partial charge in [-0.25, -0.2) is 0 Å². The molecule has 0 saturated heterocycles. The maximum atomic E-state index is 5.37. The van der Waals surface area contributed by atoms with Gasteiger partial charge in [0.25, 0.3) is 0 Å². The summed E-state index contributed by atoms with van der Waals surface area (Å²) in [7, 11) is 6.58. The number of hydrogen-bond donors (Lipinski definition) is 2. The van der Waals surface area contributed by atoms with E-state index >= 15 is 0 Å². The molecule has 2 N–H and O–H groups in total. The van der Waals surface area contributed by atoms with Gasteiger partial charge in [-0.05, 0) is 30.5 Å². The number of hydrogen-bond acceptors (Lipinski definition) is 4. The molecular formula is C17H29N3O3. The first-order valence-corrected chi connectivity index (χ1v) is 7.72. The zero-order valence-corrected chi connectivity index (χ0v) is 15.2. The van der Waals surface area contributed by atoms with Gasteiger partial charge in [0.05, 0.1) is 21.3 Å². The fourth-order valence-corrected chi connectivity index (χ4v) is 2.00. The summed E-state index contributed by atoms with van der Waals surface area (Å²) in [4.78, 5) is 4.25. The van der Waals surface area contributed by atoms with Crippen molar-refractivity contribution in [2.24, 2.45) is 10.9 Å². The normalized spacial score (nSPS) is 12.8. The summed E-state index contributed by atoms with van der Waals surface area (Å²) in [6.45, 7) is 7.08. The lowest BCUT2D eigenvalue weighted by Crippen LogP contribution is -2.43. The Morgan fingerprint density at radius 3 is 2.00 bits per heavy atom. The molecule has 0 saturated carbocycles.